The van der Waals surface area contributed by atoms with Crippen molar-refractivity contribution in [3.05, 3.63) is 0 Å². The maximum atomic E-state index is 12.6. The number of carbonyl (C=O) groups is 1. The molecule has 8 heteroatoms. The second kappa shape index (κ2) is 6.72. The highest BCUT2D eigenvalue weighted by atomic mass is 32.2. The number of hydrogen-bond donors (Lipinski definition) is 0. The summed E-state index contributed by atoms with van der Waals surface area (Å²) in [5.74, 6) is 0.0000565. The molecule has 2 aliphatic rings. The summed E-state index contributed by atoms with van der Waals surface area (Å²) in [6.45, 7) is 9.01. The standard InChI is InChI=1S/C14H28N4O3S/c1-5-22(20,21)15(4)18-11-10-17(14(18)19)13-6-8-16(9-7-13)12(2)3/h12-13H,5-11H2,1-4H3. The summed E-state index contributed by atoms with van der Waals surface area (Å²) in [6, 6.07) is 0.584. The van der Waals surface area contributed by atoms with Gasteiger partial charge in [-0.15, -0.1) is 4.41 Å². The van der Waals surface area contributed by atoms with Gasteiger partial charge in [0.1, 0.15) is 0 Å². The summed E-state index contributed by atoms with van der Waals surface area (Å²) >= 11 is 0. The quantitative estimate of drug-likeness (QED) is 0.747. The molecule has 2 aliphatic heterocycles. The Morgan fingerprint density at radius 1 is 1.18 bits per heavy atom. The Balaban J connectivity index is 1.98. The summed E-state index contributed by atoms with van der Waals surface area (Å²) in [5.41, 5.74) is 0. The van der Waals surface area contributed by atoms with Crippen LogP contribution < -0.4 is 0 Å². The number of rotatable bonds is 5. The van der Waals surface area contributed by atoms with Gasteiger partial charge in [-0.25, -0.2) is 18.2 Å². The first-order valence-electron chi connectivity index (χ1n) is 8.06. The fraction of sp³-hybridized carbons (Fsp3) is 0.929. The minimum atomic E-state index is -3.39. The van der Waals surface area contributed by atoms with E-state index in [0.717, 1.165) is 30.3 Å². The predicted octanol–water partition coefficient (Wildman–Crippen LogP) is 0.793. The summed E-state index contributed by atoms with van der Waals surface area (Å²) in [6.07, 6.45) is 1.92. The van der Waals surface area contributed by atoms with E-state index in [1.807, 2.05) is 4.90 Å². The van der Waals surface area contributed by atoms with Crippen LogP contribution >= 0.6 is 0 Å². The molecule has 0 atom stereocenters. The van der Waals surface area contributed by atoms with E-state index in [0.29, 0.717) is 19.1 Å². The average molecular weight is 332 g/mol. The molecule has 128 valence electrons. The smallest absolute Gasteiger partial charge is 0.319 e. The van der Waals surface area contributed by atoms with Crippen molar-refractivity contribution >= 4 is 16.1 Å². The average Bonchev–Trinajstić information content (AvgIpc) is 2.88. The predicted molar refractivity (Wildman–Crippen MR) is 85.8 cm³/mol. The van der Waals surface area contributed by atoms with Gasteiger partial charge in [0.25, 0.3) is 0 Å². The molecule has 0 aliphatic carbocycles. The van der Waals surface area contributed by atoms with E-state index < -0.39 is 10.0 Å². The van der Waals surface area contributed by atoms with Crippen molar-refractivity contribution in [3.8, 4) is 0 Å². The Bertz CT molecular complexity index is 500. The lowest BCUT2D eigenvalue weighted by Crippen LogP contribution is -2.50. The Morgan fingerprint density at radius 3 is 2.27 bits per heavy atom. The SMILES string of the molecule is CCS(=O)(=O)N(C)N1CCN(C2CCN(C(C)C)CC2)C1=O. The molecule has 0 aromatic rings. The lowest BCUT2D eigenvalue weighted by Gasteiger charge is -2.38. The highest BCUT2D eigenvalue weighted by Gasteiger charge is 2.39. The minimum absolute atomic E-state index is 0.0000565. The van der Waals surface area contributed by atoms with E-state index in [4.69, 9.17) is 0 Å². The molecule has 22 heavy (non-hydrogen) atoms. The Kier molecular flexibility index (Phi) is 5.34. The lowest BCUT2D eigenvalue weighted by atomic mass is 10.0. The number of piperidine rings is 1. The monoisotopic (exact) mass is 332 g/mol. The van der Waals surface area contributed by atoms with Gasteiger partial charge in [0, 0.05) is 38.8 Å². The molecule has 0 unspecified atom stereocenters. The zero-order chi connectivity index (χ0) is 16.5. The zero-order valence-electron chi connectivity index (χ0n) is 14.0. The third-order valence-electron chi connectivity index (χ3n) is 4.80. The Morgan fingerprint density at radius 2 is 1.77 bits per heavy atom. The van der Waals surface area contributed by atoms with Crippen molar-refractivity contribution in [1.82, 2.24) is 19.2 Å². The van der Waals surface area contributed by atoms with Crippen LogP contribution in [0, 0.1) is 0 Å². The molecule has 0 aromatic carbocycles. The molecule has 0 saturated carbocycles. The van der Waals surface area contributed by atoms with Crippen molar-refractivity contribution in [3.63, 3.8) is 0 Å². The Hall–Kier alpha value is -0.860. The number of urea groups is 1. The van der Waals surface area contributed by atoms with E-state index in [9.17, 15) is 13.2 Å². The summed E-state index contributed by atoms with van der Waals surface area (Å²) in [4.78, 5) is 16.8. The first kappa shape index (κ1) is 17.5. The van der Waals surface area contributed by atoms with Crippen LogP contribution in [0.5, 0.6) is 0 Å². The fourth-order valence-electron chi connectivity index (χ4n) is 3.19. The molecule has 0 spiro atoms. The number of nitrogens with zero attached hydrogens (tertiary/aromatic N) is 4. The number of sulfonamides is 1. The normalized spacial score (nSPS) is 22.4. The fourth-order valence-corrected chi connectivity index (χ4v) is 4.02. The van der Waals surface area contributed by atoms with E-state index >= 15 is 0 Å². The van der Waals surface area contributed by atoms with Gasteiger partial charge in [0.15, 0.2) is 0 Å². The largest absolute Gasteiger partial charge is 0.335 e. The van der Waals surface area contributed by atoms with Crippen LogP contribution in [-0.2, 0) is 10.0 Å². The summed E-state index contributed by atoms with van der Waals surface area (Å²) in [7, 11) is -1.93. The number of amides is 2. The molecular weight excluding hydrogens is 304 g/mol. The van der Waals surface area contributed by atoms with Crippen molar-refractivity contribution < 1.29 is 13.2 Å². The number of carbonyl (C=O) groups excluding carboxylic acids is 1. The van der Waals surface area contributed by atoms with E-state index in [1.165, 1.54) is 12.1 Å². The summed E-state index contributed by atoms with van der Waals surface area (Å²) < 4.78 is 25.0. The first-order chi connectivity index (χ1) is 10.3. The van der Waals surface area contributed by atoms with Crippen molar-refractivity contribution in [1.29, 1.82) is 0 Å². The van der Waals surface area contributed by atoms with Crippen LogP contribution in [0.1, 0.15) is 33.6 Å². The van der Waals surface area contributed by atoms with Gasteiger partial charge in [-0.2, -0.15) is 0 Å². The molecule has 0 radical (unpaired) electrons. The van der Waals surface area contributed by atoms with Crippen LogP contribution in [0.4, 0.5) is 4.79 Å². The van der Waals surface area contributed by atoms with Crippen molar-refractivity contribution in [2.24, 2.45) is 0 Å². The highest BCUT2D eigenvalue weighted by molar-refractivity contribution is 7.88. The number of likely N-dealkylation sites (tertiary alicyclic amines) is 1. The van der Waals surface area contributed by atoms with E-state index in [2.05, 4.69) is 18.7 Å². The van der Waals surface area contributed by atoms with Crippen molar-refractivity contribution in [2.45, 2.75) is 45.7 Å². The third kappa shape index (κ3) is 3.38. The topological polar surface area (TPSA) is 64.2 Å². The van der Waals surface area contributed by atoms with Crippen LogP contribution in [-0.4, -0.2) is 84.7 Å². The van der Waals surface area contributed by atoms with Gasteiger partial charge in [-0.05, 0) is 33.6 Å². The number of hydrazine groups is 1. The third-order valence-corrected chi connectivity index (χ3v) is 6.53. The molecule has 7 nitrogen and oxygen atoms in total. The van der Waals surface area contributed by atoms with Gasteiger partial charge in [0.05, 0.1) is 12.3 Å². The Labute approximate surface area is 133 Å². The first-order valence-corrected chi connectivity index (χ1v) is 9.67. The zero-order valence-corrected chi connectivity index (χ0v) is 14.8. The van der Waals surface area contributed by atoms with Crippen LogP contribution in [0.15, 0.2) is 0 Å². The maximum Gasteiger partial charge on any atom is 0.335 e. The molecule has 0 bridgehead atoms. The molecule has 0 N–H and O–H groups in total. The second-order valence-electron chi connectivity index (χ2n) is 6.29. The highest BCUT2D eigenvalue weighted by Crippen LogP contribution is 2.23. The maximum absolute atomic E-state index is 12.6. The molecule has 2 heterocycles. The van der Waals surface area contributed by atoms with Crippen LogP contribution in [0.25, 0.3) is 0 Å². The molecule has 2 rings (SSSR count). The second-order valence-corrected chi connectivity index (χ2v) is 8.56. The van der Waals surface area contributed by atoms with Crippen molar-refractivity contribution in [2.75, 3.05) is 39.0 Å². The van der Waals surface area contributed by atoms with Gasteiger partial charge in [-0.1, -0.05) is 0 Å². The molecule has 0 aromatic heterocycles. The molecule has 2 saturated heterocycles. The van der Waals surface area contributed by atoms with Gasteiger partial charge >= 0.3 is 6.03 Å². The molecule has 2 amide bonds. The van der Waals surface area contributed by atoms with Crippen LogP contribution in [0.3, 0.4) is 0 Å². The minimum Gasteiger partial charge on any atom is -0.319 e. The van der Waals surface area contributed by atoms with Crippen LogP contribution in [0.2, 0.25) is 0 Å². The van der Waals surface area contributed by atoms with Gasteiger partial charge in [0.2, 0.25) is 10.0 Å². The number of hydrogen-bond acceptors (Lipinski definition) is 4. The van der Waals surface area contributed by atoms with E-state index in [-0.39, 0.29) is 17.8 Å². The molecular formula is C14H28N4O3S. The summed E-state index contributed by atoms with van der Waals surface area (Å²) in [5, 5.41) is 1.35. The van der Waals surface area contributed by atoms with Gasteiger partial charge < -0.3 is 9.80 Å². The van der Waals surface area contributed by atoms with Gasteiger partial charge in [-0.3, -0.25) is 0 Å². The lowest BCUT2D eigenvalue weighted by molar-refractivity contribution is 0.0972. The van der Waals surface area contributed by atoms with E-state index in [1.54, 1.807) is 6.92 Å². The molecule has 2 fully saturated rings.